The van der Waals surface area contributed by atoms with E-state index >= 15 is 0 Å². The first kappa shape index (κ1) is 10.7. The summed E-state index contributed by atoms with van der Waals surface area (Å²) >= 11 is 0. The van der Waals surface area contributed by atoms with Gasteiger partial charge in [0.05, 0.1) is 11.6 Å². The first-order chi connectivity index (χ1) is 8.34. The van der Waals surface area contributed by atoms with Gasteiger partial charge in [0.2, 0.25) is 0 Å². The lowest BCUT2D eigenvalue weighted by atomic mass is 10.1. The Morgan fingerprint density at radius 3 is 2.88 bits per heavy atom. The number of halogens is 1. The molecule has 0 unspecified atom stereocenters. The van der Waals surface area contributed by atoms with Crippen molar-refractivity contribution in [3.05, 3.63) is 35.8 Å². The zero-order chi connectivity index (χ0) is 11.7. The largest absolute Gasteiger partial charge is 0.464 e. The zero-order valence-electron chi connectivity index (χ0n) is 9.58. The summed E-state index contributed by atoms with van der Waals surface area (Å²) in [5.74, 6) is -0.144. The summed E-state index contributed by atoms with van der Waals surface area (Å²) in [7, 11) is 0. The predicted octanol–water partition coefficient (Wildman–Crippen LogP) is 1.98. The smallest absolute Gasteiger partial charge is 0.138 e. The maximum Gasteiger partial charge on any atom is 0.138 e. The van der Waals surface area contributed by atoms with Crippen LogP contribution in [-0.4, -0.2) is 31.1 Å². The summed E-state index contributed by atoms with van der Waals surface area (Å²) in [5, 5.41) is 3.87. The van der Waals surface area contributed by atoms with Crippen molar-refractivity contribution in [2.75, 3.05) is 26.2 Å². The molecular formula is C13H15FN2O. The number of rotatable bonds is 2. The van der Waals surface area contributed by atoms with Crippen molar-refractivity contribution in [1.29, 1.82) is 0 Å². The van der Waals surface area contributed by atoms with Crippen LogP contribution in [0.5, 0.6) is 0 Å². The molecule has 1 aromatic heterocycles. The van der Waals surface area contributed by atoms with E-state index in [1.807, 2.05) is 12.1 Å². The quantitative estimate of drug-likeness (QED) is 0.861. The molecule has 4 heteroatoms. The van der Waals surface area contributed by atoms with Crippen molar-refractivity contribution in [2.24, 2.45) is 0 Å². The average Bonchev–Trinajstić information content (AvgIpc) is 2.83. The van der Waals surface area contributed by atoms with Crippen LogP contribution in [0.1, 0.15) is 5.56 Å². The molecule has 1 aliphatic rings. The summed E-state index contributed by atoms with van der Waals surface area (Å²) < 4.78 is 19.3. The highest BCUT2D eigenvalue weighted by Gasteiger charge is 2.14. The van der Waals surface area contributed by atoms with E-state index in [-0.39, 0.29) is 5.82 Å². The molecule has 3 nitrogen and oxygen atoms in total. The van der Waals surface area contributed by atoms with Gasteiger partial charge < -0.3 is 9.73 Å². The average molecular weight is 234 g/mol. The van der Waals surface area contributed by atoms with E-state index in [1.54, 1.807) is 6.07 Å². The topological polar surface area (TPSA) is 28.4 Å². The van der Waals surface area contributed by atoms with Gasteiger partial charge in [0.25, 0.3) is 0 Å². The Bertz CT molecular complexity index is 517. The second kappa shape index (κ2) is 4.47. The van der Waals surface area contributed by atoms with Gasteiger partial charge in [-0.1, -0.05) is 6.07 Å². The maximum absolute atomic E-state index is 14.2. The number of benzene rings is 1. The van der Waals surface area contributed by atoms with Crippen LogP contribution < -0.4 is 5.32 Å². The van der Waals surface area contributed by atoms with E-state index in [1.165, 1.54) is 6.26 Å². The third kappa shape index (κ3) is 2.06. The van der Waals surface area contributed by atoms with Gasteiger partial charge in [-0.15, -0.1) is 0 Å². The molecule has 2 heterocycles. The van der Waals surface area contributed by atoms with Gasteiger partial charge in [0.1, 0.15) is 11.4 Å². The second-order valence-corrected chi connectivity index (χ2v) is 4.40. The highest BCUT2D eigenvalue weighted by molar-refractivity contribution is 5.78. The molecule has 1 fully saturated rings. The molecule has 0 spiro atoms. The van der Waals surface area contributed by atoms with Gasteiger partial charge in [-0.25, -0.2) is 4.39 Å². The Morgan fingerprint density at radius 2 is 2.06 bits per heavy atom. The zero-order valence-corrected chi connectivity index (χ0v) is 9.58. The van der Waals surface area contributed by atoms with Crippen molar-refractivity contribution in [3.8, 4) is 0 Å². The minimum absolute atomic E-state index is 0.144. The molecule has 1 aliphatic heterocycles. The van der Waals surface area contributed by atoms with Crippen molar-refractivity contribution < 1.29 is 8.81 Å². The molecule has 1 N–H and O–H groups in total. The second-order valence-electron chi connectivity index (χ2n) is 4.40. The van der Waals surface area contributed by atoms with Crippen molar-refractivity contribution >= 4 is 11.0 Å². The van der Waals surface area contributed by atoms with Crippen molar-refractivity contribution in [2.45, 2.75) is 6.54 Å². The lowest BCUT2D eigenvalue weighted by molar-refractivity contribution is 0.230. The number of piperazine rings is 1. The fourth-order valence-electron chi connectivity index (χ4n) is 2.29. The number of hydrogen-bond donors (Lipinski definition) is 1. The maximum atomic E-state index is 14.2. The van der Waals surface area contributed by atoms with Crippen LogP contribution in [0.2, 0.25) is 0 Å². The van der Waals surface area contributed by atoms with Crippen LogP contribution in [0.15, 0.2) is 28.9 Å². The summed E-state index contributed by atoms with van der Waals surface area (Å²) in [6, 6.07) is 5.35. The highest BCUT2D eigenvalue weighted by atomic mass is 19.1. The summed E-state index contributed by atoms with van der Waals surface area (Å²) in [5.41, 5.74) is 1.37. The molecule has 0 amide bonds. The van der Waals surface area contributed by atoms with Gasteiger partial charge in [0.15, 0.2) is 0 Å². The van der Waals surface area contributed by atoms with E-state index in [2.05, 4.69) is 10.2 Å². The number of fused-ring (bicyclic) bond motifs is 1. The van der Waals surface area contributed by atoms with E-state index in [4.69, 9.17) is 4.42 Å². The fraction of sp³-hybridized carbons (Fsp3) is 0.385. The lowest BCUT2D eigenvalue weighted by Crippen LogP contribution is -2.43. The van der Waals surface area contributed by atoms with Crippen molar-refractivity contribution in [1.82, 2.24) is 10.2 Å². The predicted molar refractivity (Wildman–Crippen MR) is 64.3 cm³/mol. The van der Waals surface area contributed by atoms with Gasteiger partial charge in [0, 0.05) is 38.3 Å². The van der Waals surface area contributed by atoms with E-state index in [0.717, 1.165) is 31.7 Å². The Balaban J connectivity index is 1.86. The molecule has 0 saturated carbocycles. The molecule has 0 radical (unpaired) electrons. The molecule has 17 heavy (non-hydrogen) atoms. The SMILES string of the molecule is Fc1c(CN2CCNCC2)ccc2occc12. The van der Waals surface area contributed by atoms with E-state index in [9.17, 15) is 4.39 Å². The van der Waals surface area contributed by atoms with Crippen LogP contribution in [0.3, 0.4) is 0 Å². The monoisotopic (exact) mass is 234 g/mol. The van der Waals surface area contributed by atoms with Crippen molar-refractivity contribution in [3.63, 3.8) is 0 Å². The molecule has 0 atom stereocenters. The summed E-state index contributed by atoms with van der Waals surface area (Å²) in [4.78, 5) is 2.26. The fourth-order valence-corrected chi connectivity index (χ4v) is 2.29. The Morgan fingerprint density at radius 1 is 1.24 bits per heavy atom. The Labute approximate surface area is 99.2 Å². The van der Waals surface area contributed by atoms with E-state index < -0.39 is 0 Å². The van der Waals surface area contributed by atoms with Gasteiger partial charge in [-0.05, 0) is 12.1 Å². The minimum atomic E-state index is -0.144. The number of nitrogens with one attached hydrogen (secondary N) is 1. The first-order valence-electron chi connectivity index (χ1n) is 5.92. The number of hydrogen-bond acceptors (Lipinski definition) is 3. The molecule has 1 saturated heterocycles. The third-order valence-corrected chi connectivity index (χ3v) is 3.25. The standard InChI is InChI=1S/C13H15FN2O/c14-13-10(9-16-6-4-15-5-7-16)1-2-12-11(13)3-8-17-12/h1-3,8,15H,4-7,9H2. The third-order valence-electron chi connectivity index (χ3n) is 3.25. The van der Waals surface area contributed by atoms with Crippen LogP contribution in [0.25, 0.3) is 11.0 Å². The highest BCUT2D eigenvalue weighted by Crippen LogP contribution is 2.23. The molecule has 0 aliphatic carbocycles. The van der Waals surface area contributed by atoms with Gasteiger partial charge in [-0.3, -0.25) is 4.90 Å². The van der Waals surface area contributed by atoms with Gasteiger partial charge >= 0.3 is 0 Å². The van der Waals surface area contributed by atoms with E-state index in [0.29, 0.717) is 17.5 Å². The Hall–Kier alpha value is -1.39. The molecule has 0 bridgehead atoms. The summed E-state index contributed by atoms with van der Waals surface area (Å²) in [6.07, 6.45) is 1.53. The van der Waals surface area contributed by atoms with Gasteiger partial charge in [-0.2, -0.15) is 0 Å². The first-order valence-corrected chi connectivity index (χ1v) is 5.92. The molecule has 2 aromatic rings. The van der Waals surface area contributed by atoms with Crippen LogP contribution >= 0.6 is 0 Å². The number of furan rings is 1. The molecule has 3 rings (SSSR count). The van der Waals surface area contributed by atoms with Crippen LogP contribution in [-0.2, 0) is 6.54 Å². The summed E-state index contributed by atoms with van der Waals surface area (Å²) in [6.45, 7) is 4.59. The molecular weight excluding hydrogens is 219 g/mol. The molecule has 1 aromatic carbocycles. The lowest BCUT2D eigenvalue weighted by Gasteiger charge is -2.27. The molecule has 90 valence electrons. The number of nitrogens with zero attached hydrogens (tertiary/aromatic N) is 1. The normalized spacial score (nSPS) is 17.7. The minimum Gasteiger partial charge on any atom is -0.464 e. The Kier molecular flexibility index (Phi) is 2.82. The van der Waals surface area contributed by atoms with Crippen LogP contribution in [0, 0.1) is 5.82 Å². The van der Waals surface area contributed by atoms with Crippen LogP contribution in [0.4, 0.5) is 4.39 Å².